The lowest BCUT2D eigenvalue weighted by Crippen LogP contribution is -2.25. The average molecular weight is 407 g/mol. The Labute approximate surface area is 175 Å². The van der Waals surface area contributed by atoms with Gasteiger partial charge >= 0.3 is 0 Å². The molecule has 7 heteroatoms. The van der Waals surface area contributed by atoms with Crippen molar-refractivity contribution in [3.63, 3.8) is 0 Å². The highest BCUT2D eigenvalue weighted by atomic mass is 16.5. The molecule has 0 fully saturated rings. The van der Waals surface area contributed by atoms with Crippen molar-refractivity contribution in [1.29, 1.82) is 0 Å². The Balaban J connectivity index is 1.83. The maximum absolute atomic E-state index is 12.7. The molecule has 0 bridgehead atoms. The summed E-state index contributed by atoms with van der Waals surface area (Å²) in [5.41, 5.74) is 2.47. The number of methoxy groups -OCH3 is 2. The van der Waals surface area contributed by atoms with Crippen LogP contribution in [0.15, 0.2) is 48.8 Å². The van der Waals surface area contributed by atoms with E-state index in [9.17, 15) is 4.79 Å². The first-order valence-corrected chi connectivity index (χ1v) is 9.87. The van der Waals surface area contributed by atoms with E-state index in [1.54, 1.807) is 20.5 Å². The van der Waals surface area contributed by atoms with E-state index in [2.05, 4.69) is 10.3 Å². The molecule has 1 N–H and O–H groups in total. The number of ether oxygens (including phenoxy) is 3. The van der Waals surface area contributed by atoms with Gasteiger partial charge in [-0.2, -0.15) is 0 Å². The molecule has 0 aliphatic carbocycles. The van der Waals surface area contributed by atoms with E-state index in [1.807, 2.05) is 60.9 Å². The molecule has 1 amide bonds. The van der Waals surface area contributed by atoms with Gasteiger partial charge in [0.1, 0.15) is 29.4 Å². The summed E-state index contributed by atoms with van der Waals surface area (Å²) >= 11 is 0. The van der Waals surface area contributed by atoms with Gasteiger partial charge in [0.2, 0.25) is 5.91 Å². The van der Waals surface area contributed by atoms with Gasteiger partial charge < -0.3 is 19.5 Å². The smallest absolute Gasteiger partial charge is 0.226 e. The van der Waals surface area contributed by atoms with E-state index in [4.69, 9.17) is 14.2 Å². The number of imidazole rings is 1. The monoisotopic (exact) mass is 407 g/mol. The zero-order valence-electron chi connectivity index (χ0n) is 17.5. The molecule has 30 heavy (non-hydrogen) atoms. The van der Waals surface area contributed by atoms with Crippen molar-refractivity contribution in [2.24, 2.45) is 0 Å². The van der Waals surface area contributed by atoms with Crippen molar-refractivity contribution in [3.8, 4) is 22.9 Å². The Kier molecular flexibility index (Phi) is 5.35. The van der Waals surface area contributed by atoms with E-state index in [-0.39, 0.29) is 17.9 Å². The van der Waals surface area contributed by atoms with Crippen molar-refractivity contribution < 1.29 is 19.0 Å². The summed E-state index contributed by atoms with van der Waals surface area (Å²) in [5.74, 6) is 2.45. The molecule has 0 saturated carbocycles. The molecule has 0 saturated heterocycles. The van der Waals surface area contributed by atoms with E-state index in [0.29, 0.717) is 23.7 Å². The molecule has 4 rings (SSSR count). The first-order chi connectivity index (χ1) is 14.5. The number of nitrogens with zero attached hydrogens (tertiary/aromatic N) is 2. The second kappa shape index (κ2) is 8.10. The Bertz CT molecular complexity index is 1070. The quantitative estimate of drug-likeness (QED) is 0.664. The van der Waals surface area contributed by atoms with E-state index in [0.717, 1.165) is 22.7 Å². The number of hydrogen-bond donors (Lipinski definition) is 1. The highest BCUT2D eigenvalue weighted by Gasteiger charge is 2.33. The maximum atomic E-state index is 12.7. The lowest BCUT2D eigenvalue weighted by atomic mass is 9.89. The predicted molar refractivity (Wildman–Crippen MR) is 114 cm³/mol. The number of aromatic nitrogens is 2. The minimum Gasteiger partial charge on any atom is -0.497 e. The van der Waals surface area contributed by atoms with Crippen LogP contribution < -0.4 is 19.5 Å². The molecule has 7 nitrogen and oxygen atoms in total. The molecular weight excluding hydrogens is 382 g/mol. The van der Waals surface area contributed by atoms with Gasteiger partial charge in [-0.15, -0.1) is 0 Å². The average Bonchev–Trinajstić information content (AvgIpc) is 3.16. The Hall–Kier alpha value is -3.48. The van der Waals surface area contributed by atoms with E-state index in [1.165, 1.54) is 0 Å². The number of fused-ring (bicyclic) bond motifs is 1. The van der Waals surface area contributed by atoms with Gasteiger partial charge in [-0.25, -0.2) is 4.98 Å². The van der Waals surface area contributed by atoms with Gasteiger partial charge in [-0.1, -0.05) is 18.2 Å². The fraction of sp³-hybridized carbons (Fsp3) is 0.304. The molecule has 3 aromatic rings. The van der Waals surface area contributed by atoms with Crippen molar-refractivity contribution in [2.75, 3.05) is 19.5 Å². The molecule has 1 unspecified atom stereocenters. The van der Waals surface area contributed by atoms with Crippen molar-refractivity contribution >= 4 is 11.7 Å². The molecule has 2 aromatic carbocycles. The first-order valence-electron chi connectivity index (χ1n) is 9.87. The highest BCUT2D eigenvalue weighted by Crippen LogP contribution is 2.42. The molecule has 156 valence electrons. The SMILES string of the molecule is COc1ccc(OC)c(-n2cnc3c2NC(=O)CC3c2ccccc2OC(C)C)c1. The summed E-state index contributed by atoms with van der Waals surface area (Å²) in [6.07, 6.45) is 2.03. The lowest BCUT2D eigenvalue weighted by molar-refractivity contribution is -0.116. The summed E-state index contributed by atoms with van der Waals surface area (Å²) in [7, 11) is 3.22. The minimum atomic E-state index is -0.207. The van der Waals surface area contributed by atoms with Gasteiger partial charge in [-0.05, 0) is 32.0 Å². The topological polar surface area (TPSA) is 74.6 Å². The Morgan fingerprint density at radius 3 is 2.63 bits per heavy atom. The number of hydrogen-bond acceptors (Lipinski definition) is 5. The van der Waals surface area contributed by atoms with Crippen LogP contribution in [0.2, 0.25) is 0 Å². The van der Waals surface area contributed by atoms with Crippen LogP contribution >= 0.6 is 0 Å². The molecule has 2 heterocycles. The van der Waals surface area contributed by atoms with Crippen molar-refractivity contribution in [3.05, 3.63) is 60.0 Å². The van der Waals surface area contributed by atoms with Gasteiger partial charge in [0.15, 0.2) is 0 Å². The Morgan fingerprint density at radius 2 is 1.90 bits per heavy atom. The second-order valence-electron chi connectivity index (χ2n) is 7.40. The van der Waals surface area contributed by atoms with Crippen LogP contribution in [0.3, 0.4) is 0 Å². The largest absolute Gasteiger partial charge is 0.497 e. The summed E-state index contributed by atoms with van der Waals surface area (Å²) in [6, 6.07) is 13.3. The maximum Gasteiger partial charge on any atom is 0.226 e. The van der Waals surface area contributed by atoms with Gasteiger partial charge in [0.25, 0.3) is 0 Å². The number of carbonyl (C=O) groups excluding carboxylic acids is 1. The summed E-state index contributed by atoms with van der Waals surface area (Å²) in [6.45, 7) is 3.97. The standard InChI is InChI=1S/C23H25N3O4/c1-14(2)30-19-8-6-5-7-16(19)17-12-21(27)25-23-22(17)24-13-26(23)18-11-15(28-3)9-10-20(18)29-4/h5-11,13-14,17H,12H2,1-4H3,(H,25,27). The normalized spacial score (nSPS) is 15.5. The number of nitrogens with one attached hydrogen (secondary N) is 1. The third kappa shape index (κ3) is 3.58. The molecule has 0 radical (unpaired) electrons. The van der Waals surface area contributed by atoms with E-state index >= 15 is 0 Å². The second-order valence-corrected chi connectivity index (χ2v) is 7.40. The molecule has 1 aliphatic rings. The van der Waals surface area contributed by atoms with Crippen LogP contribution in [0.1, 0.15) is 37.4 Å². The third-order valence-electron chi connectivity index (χ3n) is 5.08. The first kappa shape index (κ1) is 19.8. The zero-order chi connectivity index (χ0) is 21.3. The summed E-state index contributed by atoms with van der Waals surface area (Å²) in [5, 5.41) is 2.98. The molecule has 0 spiro atoms. The summed E-state index contributed by atoms with van der Waals surface area (Å²) in [4.78, 5) is 17.3. The fourth-order valence-electron chi connectivity index (χ4n) is 3.76. The highest BCUT2D eigenvalue weighted by molar-refractivity contribution is 5.94. The summed E-state index contributed by atoms with van der Waals surface area (Å²) < 4.78 is 18.7. The predicted octanol–water partition coefficient (Wildman–Crippen LogP) is 4.15. The molecular formula is C23H25N3O4. The fourth-order valence-corrected chi connectivity index (χ4v) is 3.76. The van der Waals surface area contributed by atoms with Crippen molar-refractivity contribution in [2.45, 2.75) is 32.3 Å². The molecule has 1 aliphatic heterocycles. The van der Waals surface area contributed by atoms with Crippen molar-refractivity contribution in [1.82, 2.24) is 9.55 Å². The van der Waals surface area contributed by atoms with Gasteiger partial charge in [0.05, 0.1) is 31.7 Å². The van der Waals surface area contributed by atoms with Crippen LogP contribution in [-0.4, -0.2) is 35.8 Å². The number of carbonyl (C=O) groups is 1. The lowest BCUT2D eigenvalue weighted by Gasteiger charge is -2.25. The molecule has 1 aromatic heterocycles. The minimum absolute atomic E-state index is 0.0293. The number of anilines is 1. The number of rotatable bonds is 6. The van der Waals surface area contributed by atoms with Gasteiger partial charge in [0, 0.05) is 24.0 Å². The number of para-hydroxylation sites is 1. The zero-order valence-corrected chi connectivity index (χ0v) is 17.5. The van der Waals surface area contributed by atoms with Crippen LogP contribution in [0.25, 0.3) is 5.69 Å². The van der Waals surface area contributed by atoms with Crippen LogP contribution in [0.5, 0.6) is 17.2 Å². The van der Waals surface area contributed by atoms with Crippen LogP contribution in [0.4, 0.5) is 5.82 Å². The van der Waals surface area contributed by atoms with E-state index < -0.39 is 0 Å². The van der Waals surface area contributed by atoms with Crippen LogP contribution in [-0.2, 0) is 4.79 Å². The van der Waals surface area contributed by atoms with Gasteiger partial charge in [-0.3, -0.25) is 9.36 Å². The van der Waals surface area contributed by atoms with Crippen LogP contribution in [0, 0.1) is 0 Å². The third-order valence-corrected chi connectivity index (χ3v) is 5.08. The molecule has 1 atom stereocenters. The Morgan fingerprint density at radius 1 is 1.10 bits per heavy atom. The number of amides is 1. The number of benzene rings is 2.